The zero-order valence-electron chi connectivity index (χ0n) is 19.6. The molecule has 2 aromatic heterocycles. The number of ether oxygens (including phenoxy) is 2. The van der Waals surface area contributed by atoms with Crippen LogP contribution in [-0.2, 0) is 0 Å². The lowest BCUT2D eigenvalue weighted by Gasteiger charge is -2.20. The minimum Gasteiger partial charge on any atom is -0.493 e. The van der Waals surface area contributed by atoms with Crippen LogP contribution in [0.5, 0.6) is 11.5 Å². The average molecular weight is 491 g/mol. The van der Waals surface area contributed by atoms with Gasteiger partial charge in [-0.1, -0.05) is 12.1 Å². The first-order valence-electron chi connectivity index (χ1n) is 11.4. The number of fused-ring (bicyclic) bond motifs is 1. The van der Waals surface area contributed by atoms with Crippen LogP contribution < -0.4 is 20.1 Å². The Hall–Kier alpha value is -3.76. The van der Waals surface area contributed by atoms with Gasteiger partial charge in [-0.05, 0) is 37.2 Å². The van der Waals surface area contributed by atoms with Crippen LogP contribution in [-0.4, -0.2) is 66.2 Å². The van der Waals surface area contributed by atoms with Gasteiger partial charge in [0.05, 0.1) is 19.7 Å². The Labute approximate surface area is 207 Å². The highest BCUT2D eigenvalue weighted by Gasteiger charge is 2.19. The zero-order chi connectivity index (χ0) is 24.2. The summed E-state index contributed by atoms with van der Waals surface area (Å²) >= 11 is 1.44. The Bertz CT molecular complexity index is 1350. The quantitative estimate of drug-likeness (QED) is 0.419. The second-order valence-electron chi connectivity index (χ2n) is 8.07. The molecular formula is C25H26N6O3S. The highest BCUT2D eigenvalue weighted by Crippen LogP contribution is 2.33. The molecule has 0 radical (unpaired) electrons. The van der Waals surface area contributed by atoms with E-state index in [0.717, 1.165) is 42.1 Å². The molecule has 3 heterocycles. The molecule has 1 saturated heterocycles. The molecular weight excluding hydrogens is 464 g/mol. The number of carbonyl (C=O) groups is 1. The molecule has 1 aliphatic rings. The molecule has 0 saturated carbocycles. The van der Waals surface area contributed by atoms with Crippen LogP contribution in [0.1, 0.15) is 16.8 Å². The van der Waals surface area contributed by atoms with Crippen molar-refractivity contribution in [2.75, 3.05) is 45.7 Å². The van der Waals surface area contributed by atoms with E-state index in [1.165, 1.54) is 11.3 Å². The van der Waals surface area contributed by atoms with Crippen LogP contribution in [0.25, 0.3) is 21.7 Å². The minimum absolute atomic E-state index is 0.0260. The summed E-state index contributed by atoms with van der Waals surface area (Å²) in [5.74, 6) is 2.38. The highest BCUT2D eigenvalue weighted by atomic mass is 32.1. The molecule has 4 aromatic rings. The fourth-order valence-electron chi connectivity index (χ4n) is 4.05. The average Bonchev–Trinajstić information content (AvgIpc) is 3.21. The summed E-state index contributed by atoms with van der Waals surface area (Å²) < 4.78 is 10.8. The number of carbonyl (C=O) groups excluding carboxylic acids is 1. The number of hydrogen-bond acceptors (Lipinski definition) is 9. The Morgan fingerprint density at radius 2 is 1.94 bits per heavy atom. The Morgan fingerprint density at radius 3 is 2.80 bits per heavy atom. The molecule has 5 rings (SSSR count). The van der Waals surface area contributed by atoms with Crippen molar-refractivity contribution in [3.63, 3.8) is 0 Å². The van der Waals surface area contributed by atoms with Crippen LogP contribution in [0, 0.1) is 0 Å². The normalized spacial score (nSPS) is 13.9. The van der Waals surface area contributed by atoms with E-state index in [4.69, 9.17) is 19.4 Å². The Morgan fingerprint density at radius 1 is 1.06 bits per heavy atom. The first-order chi connectivity index (χ1) is 17.2. The summed E-state index contributed by atoms with van der Waals surface area (Å²) in [4.78, 5) is 29.8. The molecule has 0 spiro atoms. The van der Waals surface area contributed by atoms with Crippen molar-refractivity contribution in [2.45, 2.75) is 6.42 Å². The molecule has 0 aliphatic carbocycles. The fourth-order valence-corrected chi connectivity index (χ4v) is 4.71. The number of methoxy groups -OCH3 is 2. The van der Waals surface area contributed by atoms with E-state index in [0.29, 0.717) is 40.8 Å². The fraction of sp³-hybridized carbons (Fsp3) is 0.280. The Kier molecular flexibility index (Phi) is 6.73. The third kappa shape index (κ3) is 4.89. The van der Waals surface area contributed by atoms with E-state index in [1.54, 1.807) is 19.7 Å². The molecule has 35 heavy (non-hydrogen) atoms. The molecule has 2 aromatic carbocycles. The molecule has 0 bridgehead atoms. The summed E-state index contributed by atoms with van der Waals surface area (Å²) in [6.45, 7) is 3.19. The molecule has 180 valence electrons. The van der Waals surface area contributed by atoms with Crippen LogP contribution in [0.4, 0.5) is 11.5 Å². The maximum absolute atomic E-state index is 13.1. The lowest BCUT2D eigenvalue weighted by Crippen LogP contribution is -2.34. The van der Waals surface area contributed by atoms with Crippen molar-refractivity contribution in [1.29, 1.82) is 0 Å². The monoisotopic (exact) mass is 490 g/mol. The lowest BCUT2D eigenvalue weighted by atomic mass is 10.1. The van der Waals surface area contributed by atoms with Crippen molar-refractivity contribution in [2.24, 2.45) is 0 Å². The molecule has 10 heteroatoms. The van der Waals surface area contributed by atoms with E-state index >= 15 is 0 Å². The van der Waals surface area contributed by atoms with Gasteiger partial charge in [0, 0.05) is 42.5 Å². The zero-order valence-corrected chi connectivity index (χ0v) is 20.4. The number of nitrogens with one attached hydrogen (secondary N) is 2. The van der Waals surface area contributed by atoms with Gasteiger partial charge in [-0.15, -0.1) is 11.3 Å². The molecule has 1 fully saturated rings. The van der Waals surface area contributed by atoms with Gasteiger partial charge >= 0.3 is 0 Å². The molecule has 0 unspecified atom stereocenters. The summed E-state index contributed by atoms with van der Waals surface area (Å²) in [5.41, 5.74) is 4.61. The molecule has 9 nitrogen and oxygen atoms in total. The van der Waals surface area contributed by atoms with Crippen LogP contribution in [0.3, 0.4) is 0 Å². The standard InChI is InChI=1S/C25H26N6O3S/c1-33-19-8-7-18(14-20(19)34-2)28-23-21-24(35-15-27-21)30-22(29-23)16-5-3-6-17(13-16)25(32)31-11-4-9-26-10-12-31/h3,5-8,13-15,26H,4,9-12H2,1-2H3,(H,28,29,30). The van der Waals surface area contributed by atoms with Crippen LogP contribution in [0.2, 0.25) is 0 Å². The largest absolute Gasteiger partial charge is 0.493 e. The van der Waals surface area contributed by atoms with Gasteiger partial charge in [0.15, 0.2) is 23.1 Å². The highest BCUT2D eigenvalue weighted by molar-refractivity contribution is 7.16. The first-order valence-corrected chi connectivity index (χ1v) is 12.2. The maximum Gasteiger partial charge on any atom is 0.253 e. The Balaban J connectivity index is 1.48. The van der Waals surface area contributed by atoms with Crippen molar-refractivity contribution in [1.82, 2.24) is 25.2 Å². The van der Waals surface area contributed by atoms with Gasteiger partial charge in [-0.3, -0.25) is 4.79 Å². The van der Waals surface area contributed by atoms with E-state index in [1.807, 2.05) is 47.4 Å². The van der Waals surface area contributed by atoms with Gasteiger partial charge in [-0.25, -0.2) is 15.0 Å². The van der Waals surface area contributed by atoms with Crippen molar-refractivity contribution < 1.29 is 14.3 Å². The SMILES string of the molecule is COc1ccc(Nc2nc(-c3cccc(C(=O)N4CCCNCC4)c3)nc3scnc23)cc1OC. The number of rotatable bonds is 6. The van der Waals surface area contributed by atoms with Crippen molar-refractivity contribution in [3.8, 4) is 22.9 Å². The predicted octanol–water partition coefficient (Wildman–Crippen LogP) is 3.95. The van der Waals surface area contributed by atoms with E-state index in [-0.39, 0.29) is 5.91 Å². The summed E-state index contributed by atoms with van der Waals surface area (Å²) in [6, 6.07) is 13.1. The number of amides is 1. The number of benzene rings is 2. The second-order valence-corrected chi connectivity index (χ2v) is 8.91. The number of hydrogen-bond donors (Lipinski definition) is 2. The first kappa shape index (κ1) is 23.0. The number of nitrogens with zero attached hydrogens (tertiary/aromatic N) is 4. The molecule has 1 aliphatic heterocycles. The molecule has 2 N–H and O–H groups in total. The molecule has 1 amide bonds. The number of thiazole rings is 1. The summed E-state index contributed by atoms with van der Waals surface area (Å²) in [7, 11) is 3.20. The van der Waals surface area contributed by atoms with E-state index < -0.39 is 0 Å². The van der Waals surface area contributed by atoms with E-state index in [2.05, 4.69) is 15.6 Å². The number of aromatic nitrogens is 3. The van der Waals surface area contributed by atoms with Crippen LogP contribution in [0.15, 0.2) is 48.0 Å². The van der Waals surface area contributed by atoms with Crippen molar-refractivity contribution in [3.05, 3.63) is 53.5 Å². The van der Waals surface area contributed by atoms with Gasteiger partial charge < -0.3 is 25.0 Å². The topological polar surface area (TPSA) is 102 Å². The smallest absolute Gasteiger partial charge is 0.253 e. The maximum atomic E-state index is 13.1. The van der Waals surface area contributed by atoms with Crippen molar-refractivity contribution >= 4 is 39.1 Å². The van der Waals surface area contributed by atoms with Gasteiger partial charge in [0.2, 0.25) is 0 Å². The number of anilines is 2. The summed E-state index contributed by atoms with van der Waals surface area (Å²) in [5, 5.41) is 6.68. The third-order valence-corrected chi connectivity index (χ3v) is 6.56. The van der Waals surface area contributed by atoms with Gasteiger partial charge in [-0.2, -0.15) is 0 Å². The summed E-state index contributed by atoms with van der Waals surface area (Å²) in [6.07, 6.45) is 0.946. The lowest BCUT2D eigenvalue weighted by molar-refractivity contribution is 0.0766. The predicted molar refractivity (Wildman–Crippen MR) is 137 cm³/mol. The third-order valence-electron chi connectivity index (χ3n) is 5.84. The van der Waals surface area contributed by atoms with Gasteiger partial charge in [0.25, 0.3) is 5.91 Å². The van der Waals surface area contributed by atoms with Crippen LogP contribution >= 0.6 is 11.3 Å². The van der Waals surface area contributed by atoms with E-state index in [9.17, 15) is 4.79 Å². The second kappa shape index (κ2) is 10.2. The molecule has 0 atom stereocenters. The van der Waals surface area contributed by atoms with Gasteiger partial charge in [0.1, 0.15) is 10.3 Å². The minimum atomic E-state index is 0.0260.